The van der Waals surface area contributed by atoms with Gasteiger partial charge in [0.05, 0.1) is 5.69 Å². The fourth-order valence-electron chi connectivity index (χ4n) is 2.56. The highest BCUT2D eigenvalue weighted by atomic mass is 127. The van der Waals surface area contributed by atoms with Crippen LogP contribution in [0.15, 0.2) is 15.6 Å². The van der Waals surface area contributed by atoms with Crippen LogP contribution in [0.3, 0.4) is 0 Å². The largest absolute Gasteiger partial charge is 0.385 e. The maximum absolute atomic E-state index is 5.42. The van der Waals surface area contributed by atoms with Crippen LogP contribution in [0.2, 0.25) is 0 Å². The van der Waals surface area contributed by atoms with Gasteiger partial charge in [-0.05, 0) is 39.0 Å². The second-order valence-corrected chi connectivity index (χ2v) is 5.91. The summed E-state index contributed by atoms with van der Waals surface area (Å²) in [4.78, 5) is 4.58. The van der Waals surface area contributed by atoms with E-state index in [0.717, 1.165) is 69.2 Å². The fraction of sp³-hybridized carbons (Fsp3) is 0.778. The summed E-state index contributed by atoms with van der Waals surface area (Å²) in [5.41, 5.74) is 1.04. The van der Waals surface area contributed by atoms with Crippen LogP contribution in [0.1, 0.15) is 70.2 Å². The van der Waals surface area contributed by atoms with E-state index in [1.807, 2.05) is 6.07 Å². The predicted molar refractivity (Wildman–Crippen MR) is 114 cm³/mol. The summed E-state index contributed by atoms with van der Waals surface area (Å²) >= 11 is 0. The third kappa shape index (κ3) is 10.0. The lowest BCUT2D eigenvalue weighted by molar-refractivity contribution is 0.192. The Morgan fingerprint density at radius 1 is 1.20 bits per heavy atom. The number of aliphatic imine (C=N–C) groups is 1. The smallest absolute Gasteiger partial charge is 0.191 e. The summed E-state index contributed by atoms with van der Waals surface area (Å²) in [7, 11) is 1.74. The molecule has 1 rings (SSSR count). The van der Waals surface area contributed by atoms with Gasteiger partial charge in [-0.3, -0.25) is 0 Å². The monoisotopic (exact) mass is 466 g/mol. The molecule has 0 fully saturated rings. The van der Waals surface area contributed by atoms with Crippen molar-refractivity contribution in [1.29, 1.82) is 0 Å². The first-order valence-corrected chi connectivity index (χ1v) is 9.21. The van der Waals surface area contributed by atoms with E-state index in [2.05, 4.69) is 41.6 Å². The Morgan fingerprint density at radius 3 is 2.60 bits per heavy atom. The van der Waals surface area contributed by atoms with Crippen molar-refractivity contribution >= 4 is 29.9 Å². The van der Waals surface area contributed by atoms with Gasteiger partial charge in [-0.1, -0.05) is 19.0 Å². The highest BCUT2D eigenvalue weighted by Gasteiger charge is 2.12. The lowest BCUT2D eigenvalue weighted by Gasteiger charge is -2.10. The Hall–Kier alpha value is -0.830. The molecule has 2 N–H and O–H groups in total. The van der Waals surface area contributed by atoms with Crippen molar-refractivity contribution in [1.82, 2.24) is 15.8 Å². The van der Waals surface area contributed by atoms with Crippen LogP contribution in [0.25, 0.3) is 0 Å². The van der Waals surface area contributed by atoms with Crippen LogP contribution in [-0.4, -0.2) is 37.9 Å². The standard InChI is InChI=1S/C18H34N4O2.HI/c1-5-15(6-2)17-13-16(24-22-17)14-21-18(19-7-3)20-11-9-8-10-12-23-4;/h13,15H,5-12,14H2,1-4H3,(H2,19,20,21);1H. The molecule has 146 valence electrons. The molecule has 7 heteroatoms. The number of hydrogen-bond acceptors (Lipinski definition) is 4. The molecule has 0 saturated heterocycles. The number of nitrogens with zero attached hydrogens (tertiary/aromatic N) is 2. The molecule has 0 aliphatic heterocycles. The minimum absolute atomic E-state index is 0. The zero-order chi connectivity index (χ0) is 17.6. The number of aromatic nitrogens is 1. The Bertz CT molecular complexity index is 462. The predicted octanol–water partition coefficient (Wildman–Crippen LogP) is 4.07. The van der Waals surface area contributed by atoms with Gasteiger partial charge in [-0.15, -0.1) is 24.0 Å². The van der Waals surface area contributed by atoms with Crippen LogP contribution < -0.4 is 10.6 Å². The van der Waals surface area contributed by atoms with Gasteiger partial charge < -0.3 is 19.9 Å². The van der Waals surface area contributed by atoms with Gasteiger partial charge in [0.25, 0.3) is 0 Å². The van der Waals surface area contributed by atoms with Crippen molar-refractivity contribution < 1.29 is 9.26 Å². The molecule has 1 heterocycles. The normalized spacial score (nSPS) is 11.5. The molecule has 25 heavy (non-hydrogen) atoms. The molecule has 0 aliphatic carbocycles. The van der Waals surface area contributed by atoms with Gasteiger partial charge in [0.2, 0.25) is 0 Å². The van der Waals surface area contributed by atoms with Crippen molar-refractivity contribution in [2.45, 2.75) is 65.3 Å². The van der Waals surface area contributed by atoms with E-state index in [9.17, 15) is 0 Å². The number of methoxy groups -OCH3 is 1. The quantitative estimate of drug-likeness (QED) is 0.210. The molecule has 6 nitrogen and oxygen atoms in total. The second kappa shape index (κ2) is 15.4. The summed E-state index contributed by atoms with van der Waals surface area (Å²) in [6, 6.07) is 2.04. The van der Waals surface area contributed by atoms with Crippen molar-refractivity contribution in [2.75, 3.05) is 26.8 Å². The van der Waals surface area contributed by atoms with Gasteiger partial charge in [0, 0.05) is 38.8 Å². The summed E-state index contributed by atoms with van der Waals surface area (Å²) in [5.74, 6) is 2.11. The highest BCUT2D eigenvalue weighted by Crippen LogP contribution is 2.22. The van der Waals surface area contributed by atoms with E-state index < -0.39 is 0 Å². The van der Waals surface area contributed by atoms with Crippen molar-refractivity contribution in [3.63, 3.8) is 0 Å². The Labute approximate surface area is 169 Å². The second-order valence-electron chi connectivity index (χ2n) is 5.91. The van der Waals surface area contributed by atoms with Gasteiger partial charge in [0.15, 0.2) is 11.7 Å². The van der Waals surface area contributed by atoms with Gasteiger partial charge >= 0.3 is 0 Å². The minimum atomic E-state index is 0. The first-order chi connectivity index (χ1) is 11.7. The number of ether oxygens (including phenoxy) is 1. The molecule has 0 amide bonds. The zero-order valence-electron chi connectivity index (χ0n) is 16.1. The third-order valence-electron chi connectivity index (χ3n) is 4.04. The summed E-state index contributed by atoms with van der Waals surface area (Å²) in [6.45, 7) is 9.51. The van der Waals surface area contributed by atoms with Crippen molar-refractivity contribution in [2.24, 2.45) is 4.99 Å². The minimum Gasteiger partial charge on any atom is -0.385 e. The molecule has 0 radical (unpaired) electrons. The summed E-state index contributed by atoms with van der Waals surface area (Å²) < 4.78 is 10.5. The molecule has 0 aromatic carbocycles. The van der Waals surface area contributed by atoms with Crippen LogP contribution >= 0.6 is 24.0 Å². The Kier molecular flexibility index (Phi) is 14.9. The molecule has 0 unspecified atom stereocenters. The topological polar surface area (TPSA) is 71.7 Å². The number of rotatable bonds is 12. The number of nitrogens with one attached hydrogen (secondary N) is 2. The van der Waals surface area contributed by atoms with Gasteiger partial charge in [-0.2, -0.15) is 0 Å². The average molecular weight is 466 g/mol. The van der Waals surface area contributed by atoms with E-state index in [1.54, 1.807) is 7.11 Å². The molecule has 0 bridgehead atoms. The number of halogens is 1. The molecule has 0 spiro atoms. The number of unbranched alkanes of at least 4 members (excludes halogenated alkanes) is 2. The SMILES string of the molecule is CCNC(=NCc1cc(C(CC)CC)no1)NCCCCCOC.I. The van der Waals surface area contributed by atoms with Crippen molar-refractivity contribution in [3.8, 4) is 0 Å². The zero-order valence-corrected chi connectivity index (χ0v) is 18.5. The molecule has 0 saturated carbocycles. The Morgan fingerprint density at radius 2 is 1.96 bits per heavy atom. The third-order valence-corrected chi connectivity index (χ3v) is 4.04. The molecule has 0 atom stereocenters. The first kappa shape index (κ1) is 24.2. The molecular weight excluding hydrogens is 431 g/mol. The van der Waals surface area contributed by atoms with Crippen molar-refractivity contribution in [3.05, 3.63) is 17.5 Å². The van der Waals surface area contributed by atoms with Gasteiger partial charge in [0.1, 0.15) is 6.54 Å². The Balaban J connectivity index is 0.00000576. The van der Waals surface area contributed by atoms with Crippen LogP contribution in [0.5, 0.6) is 0 Å². The average Bonchev–Trinajstić information content (AvgIpc) is 3.05. The number of hydrogen-bond donors (Lipinski definition) is 2. The fourth-order valence-corrected chi connectivity index (χ4v) is 2.56. The van der Waals surface area contributed by atoms with E-state index in [0.29, 0.717) is 12.5 Å². The van der Waals surface area contributed by atoms with Crippen LogP contribution in [-0.2, 0) is 11.3 Å². The van der Waals surface area contributed by atoms with E-state index in [4.69, 9.17) is 9.26 Å². The lowest BCUT2D eigenvalue weighted by atomic mass is 9.99. The lowest BCUT2D eigenvalue weighted by Crippen LogP contribution is -2.37. The first-order valence-electron chi connectivity index (χ1n) is 9.21. The highest BCUT2D eigenvalue weighted by molar-refractivity contribution is 14.0. The summed E-state index contributed by atoms with van der Waals surface area (Å²) in [6.07, 6.45) is 5.52. The molecule has 1 aromatic heterocycles. The van der Waals surface area contributed by atoms with Crippen LogP contribution in [0, 0.1) is 0 Å². The van der Waals surface area contributed by atoms with E-state index in [-0.39, 0.29) is 24.0 Å². The van der Waals surface area contributed by atoms with E-state index >= 15 is 0 Å². The maximum Gasteiger partial charge on any atom is 0.191 e. The summed E-state index contributed by atoms with van der Waals surface area (Å²) in [5, 5.41) is 10.8. The molecule has 0 aliphatic rings. The number of guanidine groups is 1. The molecular formula is C18H35IN4O2. The van der Waals surface area contributed by atoms with E-state index in [1.165, 1.54) is 0 Å². The molecule has 1 aromatic rings. The van der Waals surface area contributed by atoms with Crippen LogP contribution in [0.4, 0.5) is 0 Å². The maximum atomic E-state index is 5.42. The van der Waals surface area contributed by atoms with Gasteiger partial charge in [-0.25, -0.2) is 4.99 Å².